The predicted octanol–water partition coefficient (Wildman–Crippen LogP) is 2.04. The second kappa shape index (κ2) is 12.6. The molecule has 226 valence electrons. The van der Waals surface area contributed by atoms with Gasteiger partial charge in [-0.25, -0.2) is 0 Å². The molecule has 4 atom stereocenters. The number of Topliss-reactive ketones (excluding diaryl/α,β-unsaturated/α-hetero) is 1. The van der Waals surface area contributed by atoms with Gasteiger partial charge in [0.05, 0.1) is 0 Å². The van der Waals surface area contributed by atoms with Crippen LogP contribution in [0.2, 0.25) is 0 Å². The van der Waals surface area contributed by atoms with Gasteiger partial charge in [-0.05, 0) is 62.6 Å². The van der Waals surface area contributed by atoms with Gasteiger partial charge < -0.3 is 30.3 Å². The highest BCUT2D eigenvalue weighted by Gasteiger charge is 2.40. The standard InChI is InChI=1S/C31H35N5O7/c1-17-20-6-3-4-8-25(20)43-27(17)30(41)34-21(11-12-24(37)29(40)32-2)28(39)35-22-7-5-13-36(31(22)42)16-26(38)33-23-15-18-9-10-19(23)14-18/h3-8,13,18-19,21,23H,9-12,14-16H2,1-2H3,(H,32,40)(H,33,38)(H,34,41)(H,35,39)/t18-,19+,21+,23-/m1/s1. The lowest BCUT2D eigenvalue weighted by Crippen LogP contribution is -2.45. The Morgan fingerprint density at radius 2 is 1.84 bits per heavy atom. The molecule has 2 bridgehead atoms. The number of carbonyl (C=O) groups excluding carboxylic acids is 5. The maximum atomic E-state index is 13.4. The van der Waals surface area contributed by atoms with Crippen molar-refractivity contribution in [3.05, 3.63) is 64.3 Å². The molecule has 4 amide bonds. The minimum absolute atomic E-state index is 0.000177. The van der Waals surface area contributed by atoms with Crippen LogP contribution >= 0.6 is 0 Å². The van der Waals surface area contributed by atoms with Crippen molar-refractivity contribution in [1.82, 2.24) is 20.5 Å². The molecule has 4 N–H and O–H groups in total. The van der Waals surface area contributed by atoms with Crippen LogP contribution in [0.15, 0.2) is 51.8 Å². The van der Waals surface area contributed by atoms with E-state index in [1.807, 2.05) is 6.07 Å². The Balaban J connectivity index is 1.29. The van der Waals surface area contributed by atoms with Gasteiger partial charge in [0, 0.05) is 36.7 Å². The number of likely N-dealkylation sites (N-methyl/N-ethyl adjacent to an activating group) is 1. The molecule has 0 aliphatic heterocycles. The number of pyridine rings is 1. The summed E-state index contributed by atoms with van der Waals surface area (Å²) in [5, 5.41) is 11.1. The number of nitrogens with zero attached hydrogens (tertiary/aromatic N) is 1. The summed E-state index contributed by atoms with van der Waals surface area (Å²) in [7, 11) is 1.31. The number of rotatable bonds is 11. The van der Waals surface area contributed by atoms with Crippen molar-refractivity contribution in [3.63, 3.8) is 0 Å². The molecule has 2 saturated carbocycles. The molecule has 2 aromatic heterocycles. The molecule has 0 radical (unpaired) electrons. The molecule has 2 aliphatic carbocycles. The lowest BCUT2D eigenvalue weighted by molar-refractivity contribution is -0.137. The number of fused-ring (bicyclic) bond motifs is 3. The van der Waals surface area contributed by atoms with E-state index < -0.39 is 35.1 Å². The number of aryl methyl sites for hydroxylation is 1. The molecule has 2 fully saturated rings. The minimum Gasteiger partial charge on any atom is -0.451 e. The number of hydrogen-bond donors (Lipinski definition) is 4. The lowest BCUT2D eigenvalue weighted by atomic mass is 9.95. The fourth-order valence-electron chi connectivity index (χ4n) is 6.22. The summed E-state index contributed by atoms with van der Waals surface area (Å²) >= 11 is 0. The molecule has 1 aromatic carbocycles. The van der Waals surface area contributed by atoms with Gasteiger partial charge >= 0.3 is 0 Å². The number of nitrogens with one attached hydrogen (secondary N) is 4. The second-order valence-corrected chi connectivity index (χ2v) is 11.3. The average Bonchev–Trinajstić information content (AvgIpc) is 3.71. The van der Waals surface area contributed by atoms with Crippen molar-refractivity contribution in [2.75, 3.05) is 12.4 Å². The van der Waals surface area contributed by atoms with Crippen LogP contribution in [0.1, 0.15) is 54.6 Å². The zero-order chi connectivity index (χ0) is 30.7. The summed E-state index contributed by atoms with van der Waals surface area (Å²) in [6.07, 6.45) is 5.33. The van der Waals surface area contributed by atoms with Crippen molar-refractivity contribution in [2.24, 2.45) is 11.8 Å². The summed E-state index contributed by atoms with van der Waals surface area (Å²) < 4.78 is 6.92. The number of aromatic nitrogens is 1. The second-order valence-electron chi connectivity index (χ2n) is 11.3. The van der Waals surface area contributed by atoms with E-state index in [1.54, 1.807) is 25.1 Å². The summed E-state index contributed by atoms with van der Waals surface area (Å²) in [6.45, 7) is 1.51. The van der Waals surface area contributed by atoms with Gasteiger partial charge in [0.2, 0.25) is 17.6 Å². The summed E-state index contributed by atoms with van der Waals surface area (Å²) in [5.41, 5.74) is 0.370. The highest BCUT2D eigenvalue weighted by Crippen LogP contribution is 2.44. The van der Waals surface area contributed by atoms with Gasteiger partial charge in [0.25, 0.3) is 17.4 Å². The van der Waals surface area contributed by atoms with Gasteiger partial charge in [-0.1, -0.05) is 24.6 Å². The van der Waals surface area contributed by atoms with Gasteiger partial charge in [-0.3, -0.25) is 28.8 Å². The summed E-state index contributed by atoms with van der Waals surface area (Å²) in [4.78, 5) is 76.4. The molecule has 2 aliphatic rings. The highest BCUT2D eigenvalue weighted by molar-refractivity contribution is 6.36. The number of furan rings is 1. The van der Waals surface area contributed by atoms with E-state index in [1.165, 1.54) is 36.4 Å². The van der Waals surface area contributed by atoms with Crippen LogP contribution in [0.4, 0.5) is 5.69 Å². The molecule has 0 spiro atoms. The monoisotopic (exact) mass is 589 g/mol. The van der Waals surface area contributed by atoms with Gasteiger partial charge in [-0.15, -0.1) is 0 Å². The third-order valence-electron chi connectivity index (χ3n) is 8.49. The Bertz CT molecular complexity index is 1640. The molecular weight excluding hydrogens is 554 g/mol. The smallest absolute Gasteiger partial charge is 0.287 e. The first-order valence-electron chi connectivity index (χ1n) is 14.5. The predicted molar refractivity (Wildman–Crippen MR) is 157 cm³/mol. The number of hydrogen-bond acceptors (Lipinski definition) is 7. The highest BCUT2D eigenvalue weighted by atomic mass is 16.3. The normalized spacial score (nSPS) is 19.5. The van der Waals surface area contributed by atoms with Gasteiger partial charge in [0.15, 0.2) is 5.76 Å². The third kappa shape index (κ3) is 6.52. The number of amides is 4. The van der Waals surface area contributed by atoms with Crippen molar-refractivity contribution < 1.29 is 28.4 Å². The van der Waals surface area contributed by atoms with Crippen LogP contribution in [0, 0.1) is 18.8 Å². The fourth-order valence-corrected chi connectivity index (χ4v) is 6.22. The maximum Gasteiger partial charge on any atom is 0.287 e. The third-order valence-corrected chi connectivity index (χ3v) is 8.49. The Morgan fingerprint density at radius 1 is 1.05 bits per heavy atom. The molecule has 0 unspecified atom stereocenters. The van der Waals surface area contributed by atoms with E-state index in [0.29, 0.717) is 23.0 Å². The number of anilines is 1. The Labute approximate surface area is 247 Å². The van der Waals surface area contributed by atoms with E-state index in [0.717, 1.165) is 24.6 Å². The molecule has 0 saturated heterocycles. The quantitative estimate of drug-likeness (QED) is 0.248. The summed E-state index contributed by atoms with van der Waals surface area (Å²) in [5.74, 6) is -2.18. The van der Waals surface area contributed by atoms with Crippen LogP contribution in [0.25, 0.3) is 11.0 Å². The Morgan fingerprint density at radius 3 is 2.53 bits per heavy atom. The molecular formula is C31H35N5O7. The van der Waals surface area contributed by atoms with Crippen molar-refractivity contribution >= 4 is 46.1 Å². The van der Waals surface area contributed by atoms with E-state index in [4.69, 9.17) is 4.42 Å². The van der Waals surface area contributed by atoms with Gasteiger partial charge in [0.1, 0.15) is 23.9 Å². The molecule has 12 nitrogen and oxygen atoms in total. The van der Waals surface area contributed by atoms with Gasteiger partial charge in [-0.2, -0.15) is 0 Å². The van der Waals surface area contributed by atoms with Crippen molar-refractivity contribution in [3.8, 4) is 0 Å². The van der Waals surface area contributed by atoms with Crippen LogP contribution in [-0.2, 0) is 25.7 Å². The molecule has 12 heteroatoms. The number of para-hydroxylation sites is 1. The van der Waals surface area contributed by atoms with Crippen LogP contribution in [-0.4, -0.2) is 53.1 Å². The minimum atomic E-state index is -1.29. The van der Waals surface area contributed by atoms with Crippen LogP contribution in [0.5, 0.6) is 0 Å². The van der Waals surface area contributed by atoms with Crippen LogP contribution in [0.3, 0.4) is 0 Å². The first kappa shape index (κ1) is 29.7. The van der Waals surface area contributed by atoms with Crippen molar-refractivity contribution in [2.45, 2.75) is 64.1 Å². The van der Waals surface area contributed by atoms with E-state index in [2.05, 4.69) is 21.3 Å². The maximum absolute atomic E-state index is 13.4. The largest absolute Gasteiger partial charge is 0.451 e. The topological polar surface area (TPSA) is 169 Å². The van der Waals surface area contributed by atoms with Crippen molar-refractivity contribution in [1.29, 1.82) is 0 Å². The zero-order valence-corrected chi connectivity index (χ0v) is 24.1. The number of benzene rings is 1. The first-order valence-corrected chi connectivity index (χ1v) is 14.5. The Hall–Kier alpha value is -4.74. The lowest BCUT2D eigenvalue weighted by Gasteiger charge is -2.23. The van der Waals surface area contributed by atoms with Crippen LogP contribution < -0.4 is 26.8 Å². The average molecular weight is 590 g/mol. The molecule has 43 heavy (non-hydrogen) atoms. The fraction of sp³-hybridized carbons (Fsp3) is 0.419. The summed E-state index contributed by atoms with van der Waals surface area (Å²) in [6, 6.07) is 8.85. The molecule has 2 heterocycles. The molecule has 3 aromatic rings. The Kier molecular flexibility index (Phi) is 8.74. The molecule has 5 rings (SSSR count). The number of carbonyl (C=O) groups is 5. The van der Waals surface area contributed by atoms with E-state index in [-0.39, 0.29) is 42.8 Å². The SMILES string of the molecule is CNC(=O)C(=O)CC[C@H](NC(=O)c1oc2ccccc2c1C)C(=O)Nc1cccn(CC(=O)N[C@@H]2C[C@@H]3CC[C@H]2C3)c1=O. The first-order chi connectivity index (χ1) is 20.6. The van der Waals surface area contributed by atoms with E-state index in [9.17, 15) is 28.8 Å². The van der Waals surface area contributed by atoms with E-state index >= 15 is 0 Å². The number of ketones is 1. The zero-order valence-electron chi connectivity index (χ0n) is 24.1.